The molecule has 8 nitrogen and oxygen atoms in total. The molecule has 1 atom stereocenters. The maximum atomic E-state index is 12.9. The zero-order valence-corrected chi connectivity index (χ0v) is 16.7. The quantitative estimate of drug-likeness (QED) is 0.722. The van der Waals surface area contributed by atoms with Crippen molar-refractivity contribution in [2.45, 2.75) is 51.5 Å². The van der Waals surface area contributed by atoms with E-state index in [0.717, 1.165) is 53.6 Å². The SMILES string of the molecule is CCCc1nnsc1C(=O)N1CCCC[C@H]1CCNS(=O)(=O)N(C)C. The molecule has 1 saturated heterocycles. The van der Waals surface area contributed by atoms with Crippen LogP contribution in [0.2, 0.25) is 0 Å². The van der Waals surface area contributed by atoms with E-state index in [4.69, 9.17) is 0 Å². The van der Waals surface area contributed by atoms with Gasteiger partial charge in [-0.2, -0.15) is 12.7 Å². The summed E-state index contributed by atoms with van der Waals surface area (Å²) in [5.74, 6) is -0.0152. The molecule has 0 spiro atoms. The summed E-state index contributed by atoms with van der Waals surface area (Å²) >= 11 is 1.15. The van der Waals surface area contributed by atoms with Crippen molar-refractivity contribution in [1.29, 1.82) is 0 Å². The number of carbonyl (C=O) groups is 1. The Kier molecular flexibility index (Phi) is 7.29. The fourth-order valence-electron chi connectivity index (χ4n) is 2.95. The van der Waals surface area contributed by atoms with Crippen LogP contribution in [0.4, 0.5) is 0 Å². The van der Waals surface area contributed by atoms with E-state index in [0.29, 0.717) is 24.4 Å². The highest BCUT2D eigenvalue weighted by molar-refractivity contribution is 7.87. The van der Waals surface area contributed by atoms with Crippen LogP contribution in [0.15, 0.2) is 0 Å². The van der Waals surface area contributed by atoms with E-state index < -0.39 is 10.2 Å². The summed E-state index contributed by atoms with van der Waals surface area (Å²) in [4.78, 5) is 15.4. The summed E-state index contributed by atoms with van der Waals surface area (Å²) in [7, 11) is -0.450. The van der Waals surface area contributed by atoms with Crippen LogP contribution in [0.5, 0.6) is 0 Å². The van der Waals surface area contributed by atoms with Gasteiger partial charge in [0.2, 0.25) is 0 Å². The minimum atomic E-state index is -3.43. The van der Waals surface area contributed by atoms with Crippen LogP contribution >= 0.6 is 11.5 Å². The molecule has 0 saturated carbocycles. The number of aryl methyl sites for hydroxylation is 1. The summed E-state index contributed by atoms with van der Waals surface area (Å²) < 4.78 is 31.3. The number of hydrogen-bond acceptors (Lipinski definition) is 6. The lowest BCUT2D eigenvalue weighted by Crippen LogP contribution is -2.46. The van der Waals surface area contributed by atoms with E-state index in [9.17, 15) is 13.2 Å². The molecule has 1 fully saturated rings. The molecule has 10 heteroatoms. The van der Waals surface area contributed by atoms with Gasteiger partial charge in [-0.05, 0) is 43.6 Å². The van der Waals surface area contributed by atoms with E-state index in [1.54, 1.807) is 0 Å². The number of rotatable bonds is 8. The van der Waals surface area contributed by atoms with Crippen LogP contribution in [-0.4, -0.2) is 66.3 Å². The van der Waals surface area contributed by atoms with Crippen LogP contribution in [-0.2, 0) is 16.6 Å². The second kappa shape index (κ2) is 9.02. The Morgan fingerprint density at radius 1 is 1.40 bits per heavy atom. The first kappa shape index (κ1) is 20.2. The molecule has 0 aromatic carbocycles. The van der Waals surface area contributed by atoms with Gasteiger partial charge < -0.3 is 4.90 Å². The summed E-state index contributed by atoms with van der Waals surface area (Å²) in [6.07, 6.45) is 5.19. The van der Waals surface area contributed by atoms with Crippen molar-refractivity contribution in [1.82, 2.24) is 23.5 Å². The Hall–Kier alpha value is -1.10. The molecule has 2 heterocycles. The lowest BCUT2D eigenvalue weighted by Gasteiger charge is -2.35. The first-order chi connectivity index (χ1) is 11.9. The fraction of sp³-hybridized carbons (Fsp3) is 0.800. The van der Waals surface area contributed by atoms with Gasteiger partial charge >= 0.3 is 0 Å². The standard InChI is InChI=1S/C15H27N5O3S2/c1-4-7-13-14(24-18-17-13)15(21)20-11-6-5-8-12(20)9-10-16-25(22,23)19(2)3/h12,16H,4-11H2,1-3H3/t12-/m0/s1. The van der Waals surface area contributed by atoms with Crippen LogP contribution in [0, 0.1) is 0 Å². The molecule has 1 amide bonds. The number of nitrogens with zero attached hydrogens (tertiary/aromatic N) is 4. The third-order valence-electron chi connectivity index (χ3n) is 4.37. The van der Waals surface area contributed by atoms with Gasteiger partial charge in [-0.15, -0.1) is 5.10 Å². The lowest BCUT2D eigenvalue weighted by molar-refractivity contribution is 0.0607. The van der Waals surface area contributed by atoms with Gasteiger partial charge in [-0.25, -0.2) is 4.72 Å². The number of aromatic nitrogens is 2. The smallest absolute Gasteiger partial charge is 0.278 e. The minimum absolute atomic E-state index is 0.0152. The number of hydrogen-bond donors (Lipinski definition) is 1. The van der Waals surface area contributed by atoms with E-state index in [1.807, 2.05) is 11.8 Å². The molecule has 2 rings (SSSR count). The van der Waals surface area contributed by atoms with Crippen molar-refractivity contribution >= 4 is 27.6 Å². The predicted octanol–water partition coefficient (Wildman–Crippen LogP) is 1.27. The Balaban J connectivity index is 2.02. The van der Waals surface area contributed by atoms with Crippen LogP contribution in [0.25, 0.3) is 0 Å². The summed E-state index contributed by atoms with van der Waals surface area (Å²) in [5, 5.41) is 4.08. The molecule has 1 aliphatic rings. The van der Waals surface area contributed by atoms with Crippen molar-refractivity contribution in [3.63, 3.8) is 0 Å². The molecule has 1 N–H and O–H groups in total. The van der Waals surface area contributed by atoms with Gasteiger partial charge in [-0.3, -0.25) is 4.79 Å². The summed E-state index contributed by atoms with van der Waals surface area (Å²) in [6, 6.07) is 0.0442. The molecule has 1 aromatic rings. The molecule has 1 aliphatic heterocycles. The molecule has 25 heavy (non-hydrogen) atoms. The highest BCUT2D eigenvalue weighted by Crippen LogP contribution is 2.24. The van der Waals surface area contributed by atoms with Gasteiger partial charge in [0.15, 0.2) is 0 Å². The van der Waals surface area contributed by atoms with Crippen molar-refractivity contribution < 1.29 is 13.2 Å². The molecule has 0 bridgehead atoms. The van der Waals surface area contributed by atoms with Crippen molar-refractivity contribution in [2.75, 3.05) is 27.2 Å². The number of nitrogens with one attached hydrogen (secondary N) is 1. The van der Waals surface area contributed by atoms with Crippen molar-refractivity contribution in [2.24, 2.45) is 0 Å². The Labute approximate surface area is 153 Å². The third-order valence-corrected chi connectivity index (χ3v) is 6.65. The normalized spacial score (nSPS) is 18.7. The highest BCUT2D eigenvalue weighted by Gasteiger charge is 2.30. The van der Waals surface area contributed by atoms with Crippen molar-refractivity contribution in [3.05, 3.63) is 10.6 Å². The number of likely N-dealkylation sites (tertiary alicyclic amines) is 1. The number of amides is 1. The monoisotopic (exact) mass is 389 g/mol. The van der Waals surface area contributed by atoms with Gasteiger partial charge in [0, 0.05) is 33.2 Å². The Morgan fingerprint density at radius 2 is 2.16 bits per heavy atom. The highest BCUT2D eigenvalue weighted by atomic mass is 32.2. The summed E-state index contributed by atoms with van der Waals surface area (Å²) in [5.41, 5.74) is 0.773. The van der Waals surface area contributed by atoms with E-state index in [1.165, 1.54) is 14.1 Å². The van der Waals surface area contributed by atoms with Crippen molar-refractivity contribution in [3.8, 4) is 0 Å². The third kappa shape index (κ3) is 5.19. The van der Waals surface area contributed by atoms with Crippen LogP contribution in [0.3, 0.4) is 0 Å². The fourth-order valence-corrected chi connectivity index (χ4v) is 4.25. The molecule has 142 valence electrons. The van der Waals surface area contributed by atoms with Gasteiger partial charge in [-0.1, -0.05) is 17.8 Å². The topological polar surface area (TPSA) is 95.5 Å². The predicted molar refractivity (Wildman–Crippen MR) is 97.8 cm³/mol. The van der Waals surface area contributed by atoms with Crippen LogP contribution in [0.1, 0.15) is 54.4 Å². The summed E-state index contributed by atoms with van der Waals surface area (Å²) in [6.45, 7) is 3.07. The lowest BCUT2D eigenvalue weighted by atomic mass is 9.99. The molecular formula is C15H27N5O3S2. The molecule has 0 unspecified atom stereocenters. The molecule has 1 aromatic heterocycles. The van der Waals surface area contributed by atoms with E-state index >= 15 is 0 Å². The minimum Gasteiger partial charge on any atom is -0.335 e. The number of piperidine rings is 1. The zero-order chi connectivity index (χ0) is 18.4. The van der Waals surface area contributed by atoms with E-state index in [-0.39, 0.29) is 11.9 Å². The second-order valence-corrected chi connectivity index (χ2v) is 9.14. The Morgan fingerprint density at radius 3 is 2.84 bits per heavy atom. The van der Waals surface area contributed by atoms with E-state index in [2.05, 4.69) is 14.3 Å². The van der Waals surface area contributed by atoms with Gasteiger partial charge in [0.05, 0.1) is 5.69 Å². The Bertz CT molecular complexity index is 674. The first-order valence-corrected chi connectivity index (χ1v) is 10.9. The van der Waals surface area contributed by atoms with Crippen LogP contribution < -0.4 is 4.72 Å². The maximum Gasteiger partial charge on any atom is 0.278 e. The average molecular weight is 390 g/mol. The maximum absolute atomic E-state index is 12.9. The largest absolute Gasteiger partial charge is 0.335 e. The first-order valence-electron chi connectivity index (χ1n) is 8.66. The van der Waals surface area contributed by atoms with Gasteiger partial charge in [0.1, 0.15) is 4.88 Å². The molecule has 0 radical (unpaired) electrons. The molecular weight excluding hydrogens is 362 g/mol. The second-order valence-electron chi connectivity index (χ2n) is 6.42. The number of carbonyl (C=O) groups excluding carboxylic acids is 1. The van der Waals surface area contributed by atoms with Gasteiger partial charge in [0.25, 0.3) is 16.1 Å². The molecule has 0 aliphatic carbocycles. The average Bonchev–Trinajstić information content (AvgIpc) is 3.03. The zero-order valence-electron chi connectivity index (χ0n) is 15.1.